The van der Waals surface area contributed by atoms with Crippen LogP contribution in [0.4, 0.5) is 0 Å². The van der Waals surface area contributed by atoms with Gasteiger partial charge in [-0.15, -0.1) is 0 Å². The van der Waals surface area contributed by atoms with Gasteiger partial charge in [-0.1, -0.05) is 41.6 Å². The number of carboxylic acids is 1. The van der Waals surface area contributed by atoms with Crippen molar-refractivity contribution in [3.63, 3.8) is 0 Å². The van der Waals surface area contributed by atoms with Gasteiger partial charge in [0.05, 0.1) is 14.2 Å². The van der Waals surface area contributed by atoms with E-state index in [1.54, 1.807) is 14.2 Å². The number of methoxy groups -OCH3 is 2. The number of aromatic nitrogens is 2. The highest BCUT2D eigenvalue weighted by Crippen LogP contribution is 2.35. The van der Waals surface area contributed by atoms with Crippen molar-refractivity contribution in [2.45, 2.75) is 12.5 Å². The van der Waals surface area contributed by atoms with E-state index in [0.717, 1.165) is 33.6 Å². The second kappa shape index (κ2) is 9.54. The molecule has 1 aromatic heterocycles. The maximum absolute atomic E-state index is 10.9. The van der Waals surface area contributed by atoms with E-state index in [0.29, 0.717) is 17.5 Å². The lowest BCUT2D eigenvalue weighted by molar-refractivity contribution is -0.138. The van der Waals surface area contributed by atoms with Crippen LogP contribution in [0.25, 0.3) is 34.0 Å². The molecule has 0 saturated heterocycles. The highest BCUT2D eigenvalue weighted by molar-refractivity contribution is 5.77. The van der Waals surface area contributed by atoms with Crippen LogP contribution in [-0.4, -0.2) is 41.5 Å². The van der Waals surface area contributed by atoms with E-state index in [1.165, 1.54) is 0 Å². The first-order valence-corrected chi connectivity index (χ1v) is 10.2. The van der Waals surface area contributed by atoms with Crippen LogP contribution in [0.3, 0.4) is 0 Å². The molecule has 0 fully saturated rings. The molecule has 3 aromatic carbocycles. The number of rotatable bonds is 8. The first-order chi connectivity index (χ1) is 16.0. The molecule has 1 atom stereocenters. The molecule has 0 spiro atoms. The lowest BCUT2D eigenvalue weighted by atomic mass is 10.0. The van der Waals surface area contributed by atoms with E-state index in [-0.39, 0.29) is 6.42 Å². The van der Waals surface area contributed by atoms with Crippen LogP contribution in [0.15, 0.2) is 71.3 Å². The Hall–Kier alpha value is -4.17. The lowest BCUT2D eigenvalue weighted by Gasteiger charge is -2.11. The number of aliphatic carboxylic acids is 1. The second-order valence-corrected chi connectivity index (χ2v) is 7.42. The summed E-state index contributed by atoms with van der Waals surface area (Å²) in [5, 5.41) is 13.1. The Morgan fingerprint density at radius 2 is 1.76 bits per heavy atom. The predicted molar refractivity (Wildman–Crippen MR) is 123 cm³/mol. The van der Waals surface area contributed by atoms with E-state index in [4.69, 9.17) is 24.8 Å². The minimum atomic E-state index is -1.03. The number of nitrogens with two attached hydrogens (primary N) is 1. The van der Waals surface area contributed by atoms with Gasteiger partial charge in [0.25, 0.3) is 5.89 Å². The maximum atomic E-state index is 10.9. The third kappa shape index (κ3) is 4.86. The fourth-order valence-electron chi connectivity index (χ4n) is 3.45. The largest absolute Gasteiger partial charge is 0.497 e. The molecule has 0 aliphatic carbocycles. The Morgan fingerprint density at radius 1 is 1.00 bits per heavy atom. The van der Waals surface area contributed by atoms with Gasteiger partial charge in [-0.2, -0.15) is 4.98 Å². The fourth-order valence-corrected chi connectivity index (χ4v) is 3.45. The molecule has 0 amide bonds. The van der Waals surface area contributed by atoms with Crippen molar-refractivity contribution < 1.29 is 23.9 Å². The second-order valence-electron chi connectivity index (χ2n) is 7.42. The molecule has 0 radical (unpaired) electrons. The van der Waals surface area contributed by atoms with Crippen molar-refractivity contribution >= 4 is 5.97 Å². The van der Waals surface area contributed by atoms with E-state index in [2.05, 4.69) is 10.1 Å². The van der Waals surface area contributed by atoms with E-state index < -0.39 is 12.0 Å². The quantitative estimate of drug-likeness (QED) is 0.417. The number of hydrogen-bond donors (Lipinski definition) is 2. The number of carbonyl (C=O) groups is 1. The van der Waals surface area contributed by atoms with Crippen molar-refractivity contribution in [3.05, 3.63) is 72.3 Å². The summed E-state index contributed by atoms with van der Waals surface area (Å²) in [7, 11) is 3.25. The third-order valence-corrected chi connectivity index (χ3v) is 5.24. The first kappa shape index (κ1) is 22.0. The lowest BCUT2D eigenvalue weighted by Crippen LogP contribution is -2.32. The maximum Gasteiger partial charge on any atom is 0.320 e. The average molecular weight is 445 g/mol. The smallest absolute Gasteiger partial charge is 0.320 e. The fraction of sp³-hybridized carbons (Fsp3) is 0.160. The zero-order valence-electron chi connectivity index (χ0n) is 18.2. The van der Waals surface area contributed by atoms with Gasteiger partial charge in [-0.05, 0) is 47.9 Å². The summed E-state index contributed by atoms with van der Waals surface area (Å²) in [4.78, 5) is 15.5. The minimum Gasteiger partial charge on any atom is -0.497 e. The molecule has 8 heteroatoms. The molecule has 3 N–H and O–H groups in total. The van der Waals surface area contributed by atoms with Gasteiger partial charge in [0.1, 0.15) is 17.5 Å². The van der Waals surface area contributed by atoms with Crippen molar-refractivity contribution in [3.8, 4) is 45.5 Å². The summed E-state index contributed by atoms with van der Waals surface area (Å²) < 4.78 is 16.4. The first-order valence-electron chi connectivity index (χ1n) is 10.2. The van der Waals surface area contributed by atoms with Gasteiger partial charge in [0.15, 0.2) is 0 Å². The van der Waals surface area contributed by atoms with Crippen LogP contribution in [0, 0.1) is 0 Å². The van der Waals surface area contributed by atoms with Crippen molar-refractivity contribution in [2.24, 2.45) is 5.73 Å². The minimum absolute atomic E-state index is 0.242. The van der Waals surface area contributed by atoms with Crippen molar-refractivity contribution in [1.82, 2.24) is 10.1 Å². The molecular weight excluding hydrogens is 422 g/mol. The monoisotopic (exact) mass is 445 g/mol. The highest BCUT2D eigenvalue weighted by Gasteiger charge is 2.16. The molecule has 0 aliphatic heterocycles. The van der Waals surface area contributed by atoms with Crippen molar-refractivity contribution in [1.29, 1.82) is 0 Å². The van der Waals surface area contributed by atoms with Crippen molar-refractivity contribution in [2.75, 3.05) is 14.2 Å². The summed E-state index contributed by atoms with van der Waals surface area (Å²) in [5.74, 6) is 1.22. The number of carboxylic acid groups (broad SMARTS) is 1. The Bertz CT molecular complexity index is 1270. The highest BCUT2D eigenvalue weighted by atomic mass is 16.5. The van der Waals surface area contributed by atoms with Gasteiger partial charge >= 0.3 is 5.97 Å². The number of nitrogens with zero attached hydrogens (tertiary/aromatic N) is 2. The summed E-state index contributed by atoms with van der Waals surface area (Å²) >= 11 is 0. The molecular formula is C25H23N3O5. The molecule has 33 heavy (non-hydrogen) atoms. The molecule has 4 rings (SSSR count). The number of ether oxygens (including phenoxy) is 2. The summed E-state index contributed by atoms with van der Waals surface area (Å²) in [6.07, 6.45) is 0.242. The Balaban J connectivity index is 1.61. The number of hydrogen-bond acceptors (Lipinski definition) is 7. The van der Waals surface area contributed by atoms with E-state index in [9.17, 15) is 4.79 Å². The zero-order chi connectivity index (χ0) is 23.4. The number of benzene rings is 3. The molecule has 0 saturated carbocycles. The van der Waals surface area contributed by atoms with Crippen LogP contribution < -0.4 is 15.2 Å². The van der Waals surface area contributed by atoms with Crippen LogP contribution >= 0.6 is 0 Å². The summed E-state index contributed by atoms with van der Waals surface area (Å²) in [6, 6.07) is 19.6. The standard InChI is InChI=1S/C25H23N3O5/c1-31-19-5-3-4-17(13-19)20-14-18(10-11-22(20)32-2)24-27-23(28-33-24)16-8-6-15(7-9-16)12-21(26)25(29)30/h3-11,13-14,21H,12,26H2,1-2H3,(H,29,30)/t21-/m0/s1. The van der Waals surface area contributed by atoms with Crippen LogP contribution in [-0.2, 0) is 11.2 Å². The Kier molecular flexibility index (Phi) is 6.37. The zero-order valence-corrected chi connectivity index (χ0v) is 18.2. The van der Waals surface area contributed by atoms with E-state index >= 15 is 0 Å². The molecule has 0 bridgehead atoms. The molecule has 168 valence electrons. The molecule has 1 heterocycles. The predicted octanol–water partition coefficient (Wildman–Crippen LogP) is 4.04. The van der Waals surface area contributed by atoms with Crippen LogP contribution in [0.5, 0.6) is 11.5 Å². The topological polar surface area (TPSA) is 121 Å². The molecule has 4 aromatic rings. The summed E-state index contributed by atoms with van der Waals surface area (Å²) in [6.45, 7) is 0. The third-order valence-electron chi connectivity index (χ3n) is 5.24. The van der Waals surface area contributed by atoms with Gasteiger partial charge in [0.2, 0.25) is 5.82 Å². The summed E-state index contributed by atoms with van der Waals surface area (Å²) in [5.41, 5.74) is 9.71. The van der Waals surface area contributed by atoms with Gasteiger partial charge in [0, 0.05) is 16.7 Å². The SMILES string of the molecule is COc1cccc(-c2cc(-c3nc(-c4ccc(C[C@H](N)C(=O)O)cc4)no3)ccc2OC)c1. The molecule has 0 unspecified atom stereocenters. The van der Waals surface area contributed by atoms with Gasteiger partial charge in [-0.3, -0.25) is 4.79 Å². The molecule has 0 aliphatic rings. The van der Waals surface area contributed by atoms with E-state index in [1.807, 2.05) is 66.7 Å². The van der Waals surface area contributed by atoms with Gasteiger partial charge < -0.3 is 24.8 Å². The van der Waals surface area contributed by atoms with Crippen LogP contribution in [0.2, 0.25) is 0 Å². The Labute approximate surface area is 190 Å². The average Bonchev–Trinajstić information content (AvgIpc) is 3.34. The van der Waals surface area contributed by atoms with Gasteiger partial charge in [-0.25, -0.2) is 0 Å². The Morgan fingerprint density at radius 3 is 2.45 bits per heavy atom. The van der Waals surface area contributed by atoms with Crippen LogP contribution in [0.1, 0.15) is 5.56 Å². The normalized spacial score (nSPS) is 11.7. The molecule has 8 nitrogen and oxygen atoms in total.